The molecule has 0 aliphatic heterocycles. The summed E-state index contributed by atoms with van der Waals surface area (Å²) >= 11 is 0. The highest BCUT2D eigenvalue weighted by Gasteiger charge is 2.36. The lowest BCUT2D eigenvalue weighted by Gasteiger charge is -2.32. The molecule has 6 nitrogen and oxygen atoms in total. The molecule has 0 aliphatic rings. The molecule has 0 fully saturated rings. The first-order chi connectivity index (χ1) is 15.7. The van der Waals surface area contributed by atoms with Crippen molar-refractivity contribution in [1.82, 2.24) is 0 Å². The van der Waals surface area contributed by atoms with Crippen molar-refractivity contribution in [2.45, 2.75) is 23.7 Å². The van der Waals surface area contributed by atoms with Crippen LogP contribution in [-0.2, 0) is 22.8 Å². The maximum Gasteiger partial charge on any atom is 0.416 e. The van der Waals surface area contributed by atoms with Crippen molar-refractivity contribution in [3.63, 3.8) is 0 Å². The van der Waals surface area contributed by atoms with Gasteiger partial charge < -0.3 is 14.9 Å². The summed E-state index contributed by atoms with van der Waals surface area (Å²) in [4.78, 5) is -0.161. The monoisotopic (exact) mass is 481 g/mol. The molecule has 0 heterocycles. The second kappa shape index (κ2) is 10.2. The predicted octanol–water partition coefficient (Wildman–Crippen LogP) is 3.83. The van der Waals surface area contributed by atoms with Crippen LogP contribution in [0.2, 0.25) is 0 Å². The second-order valence-corrected chi connectivity index (χ2v) is 8.90. The van der Waals surface area contributed by atoms with Gasteiger partial charge in [-0.05, 0) is 35.9 Å². The van der Waals surface area contributed by atoms with Crippen LogP contribution >= 0.6 is 0 Å². The van der Waals surface area contributed by atoms with E-state index in [2.05, 4.69) is 0 Å². The quantitative estimate of drug-likeness (QED) is 0.485. The number of hydrogen-bond acceptors (Lipinski definition) is 5. The third-order valence-corrected chi connectivity index (χ3v) is 6.70. The molecule has 0 saturated carbocycles. The lowest BCUT2D eigenvalue weighted by atomic mass is 10.1. The molecule has 33 heavy (non-hydrogen) atoms. The topological polar surface area (TPSA) is 87.1 Å². The highest BCUT2D eigenvalue weighted by Crippen LogP contribution is 2.39. The summed E-state index contributed by atoms with van der Waals surface area (Å²) in [5.41, 5.74) is -0.619. The molecule has 3 aromatic carbocycles. The van der Waals surface area contributed by atoms with Crippen LogP contribution in [0.25, 0.3) is 0 Å². The zero-order valence-corrected chi connectivity index (χ0v) is 18.1. The minimum absolute atomic E-state index is 0.128. The molecule has 0 bridgehead atoms. The average Bonchev–Trinajstić information content (AvgIpc) is 2.81. The molecular weight excluding hydrogens is 459 g/mol. The van der Waals surface area contributed by atoms with E-state index in [0.717, 1.165) is 12.1 Å². The van der Waals surface area contributed by atoms with E-state index in [0.29, 0.717) is 15.9 Å². The number of anilines is 1. The van der Waals surface area contributed by atoms with Crippen LogP contribution in [0.4, 0.5) is 18.9 Å². The molecule has 0 aromatic heterocycles. The summed E-state index contributed by atoms with van der Waals surface area (Å²) in [5, 5.41) is 19.5. The van der Waals surface area contributed by atoms with Crippen molar-refractivity contribution >= 4 is 15.7 Å². The minimum Gasteiger partial charge on any atom is -0.487 e. The number of ether oxygens (including phenoxy) is 1. The Morgan fingerprint density at radius 3 is 2.00 bits per heavy atom. The van der Waals surface area contributed by atoms with E-state index in [1.165, 1.54) is 24.3 Å². The number of nitrogens with zero attached hydrogens (tertiary/aromatic N) is 1. The molecule has 0 aliphatic carbocycles. The van der Waals surface area contributed by atoms with Gasteiger partial charge in [0.1, 0.15) is 12.4 Å². The van der Waals surface area contributed by atoms with E-state index in [-0.39, 0.29) is 22.9 Å². The summed E-state index contributed by atoms with van der Waals surface area (Å²) in [5.74, 6) is -0.361. The highest BCUT2D eigenvalue weighted by molar-refractivity contribution is 7.92. The fraction of sp³-hybridized carbons (Fsp3) is 0.217. The Kier molecular flexibility index (Phi) is 7.62. The lowest BCUT2D eigenvalue weighted by Crippen LogP contribution is -2.45. The fourth-order valence-corrected chi connectivity index (χ4v) is 4.82. The van der Waals surface area contributed by atoms with Crippen LogP contribution in [0.15, 0.2) is 83.8 Å². The van der Waals surface area contributed by atoms with E-state index in [4.69, 9.17) is 4.74 Å². The molecule has 0 saturated heterocycles. The summed E-state index contributed by atoms with van der Waals surface area (Å²) in [6.07, 6.45) is -4.69. The third-order valence-electron chi connectivity index (χ3n) is 4.81. The van der Waals surface area contributed by atoms with Gasteiger partial charge in [0.25, 0.3) is 10.0 Å². The molecule has 2 N–H and O–H groups in total. The number of alkyl halides is 3. The summed E-state index contributed by atoms with van der Waals surface area (Å²) in [7, 11) is -4.38. The second-order valence-electron chi connectivity index (χ2n) is 7.09. The smallest absolute Gasteiger partial charge is 0.416 e. The van der Waals surface area contributed by atoms with Gasteiger partial charge in [0.2, 0.25) is 0 Å². The molecule has 10 heteroatoms. The largest absolute Gasteiger partial charge is 0.487 e. The van der Waals surface area contributed by atoms with Gasteiger partial charge in [0.05, 0.1) is 35.4 Å². The number of sulfonamides is 1. The molecule has 3 aromatic rings. The maximum absolute atomic E-state index is 13.4. The van der Waals surface area contributed by atoms with Crippen LogP contribution in [0.3, 0.4) is 0 Å². The molecule has 3 rings (SSSR count). The highest BCUT2D eigenvalue weighted by atomic mass is 32.2. The van der Waals surface area contributed by atoms with Crippen molar-refractivity contribution in [1.29, 1.82) is 0 Å². The first kappa shape index (κ1) is 24.6. The van der Waals surface area contributed by atoms with E-state index in [1.54, 1.807) is 36.4 Å². The Bertz CT molecular complexity index is 1150. The third kappa shape index (κ3) is 5.65. The number of aliphatic hydroxyl groups is 2. The number of benzene rings is 3. The average molecular weight is 481 g/mol. The molecule has 176 valence electrons. The number of halogens is 3. The van der Waals surface area contributed by atoms with Gasteiger partial charge in [-0.1, -0.05) is 48.5 Å². The molecule has 0 atom stereocenters. The van der Waals surface area contributed by atoms with Gasteiger partial charge in [0, 0.05) is 0 Å². The first-order valence-electron chi connectivity index (χ1n) is 9.87. The van der Waals surface area contributed by atoms with Crippen molar-refractivity contribution in [3.05, 3.63) is 90.0 Å². The molecule has 0 spiro atoms. The zero-order valence-electron chi connectivity index (χ0n) is 17.3. The van der Waals surface area contributed by atoms with Gasteiger partial charge in [0.15, 0.2) is 0 Å². The van der Waals surface area contributed by atoms with Crippen LogP contribution in [0, 0.1) is 0 Å². The molecule has 0 amide bonds. The van der Waals surface area contributed by atoms with Crippen LogP contribution in [-0.4, -0.2) is 37.9 Å². The van der Waals surface area contributed by atoms with Crippen molar-refractivity contribution in [2.24, 2.45) is 0 Å². The normalized spacial score (nSPS) is 12.1. The maximum atomic E-state index is 13.4. The Hall–Kier alpha value is -3.08. The predicted molar refractivity (Wildman–Crippen MR) is 116 cm³/mol. The Labute approximate surface area is 189 Å². The number of hydrogen-bond donors (Lipinski definition) is 2. The van der Waals surface area contributed by atoms with E-state index < -0.39 is 41.0 Å². The number of aliphatic hydroxyl groups excluding tert-OH is 2. The van der Waals surface area contributed by atoms with E-state index >= 15 is 0 Å². The van der Waals surface area contributed by atoms with Crippen LogP contribution in [0.1, 0.15) is 11.1 Å². The van der Waals surface area contributed by atoms with E-state index in [9.17, 15) is 31.8 Å². The first-order valence-corrected chi connectivity index (χ1v) is 11.3. The molecule has 0 radical (unpaired) electrons. The van der Waals surface area contributed by atoms with Crippen molar-refractivity contribution in [2.75, 3.05) is 17.5 Å². The number of rotatable bonds is 9. The Morgan fingerprint density at radius 2 is 1.45 bits per heavy atom. The van der Waals surface area contributed by atoms with Crippen molar-refractivity contribution < 1.29 is 36.5 Å². The van der Waals surface area contributed by atoms with Crippen molar-refractivity contribution in [3.8, 4) is 5.75 Å². The summed E-state index contributed by atoms with van der Waals surface area (Å²) < 4.78 is 73.3. The van der Waals surface area contributed by atoms with Gasteiger partial charge in [-0.25, -0.2) is 8.42 Å². The zero-order chi connectivity index (χ0) is 24.1. The van der Waals surface area contributed by atoms with Crippen LogP contribution < -0.4 is 9.04 Å². The van der Waals surface area contributed by atoms with Gasteiger partial charge >= 0.3 is 6.18 Å². The molecular formula is C23H22F3NO5S. The summed E-state index contributed by atoms with van der Waals surface area (Å²) in [6.45, 7) is -1.68. The van der Waals surface area contributed by atoms with Gasteiger partial charge in [-0.3, -0.25) is 4.31 Å². The van der Waals surface area contributed by atoms with Gasteiger partial charge in [-0.2, -0.15) is 13.2 Å². The van der Waals surface area contributed by atoms with Crippen LogP contribution in [0.5, 0.6) is 5.75 Å². The standard InChI is InChI=1S/C23H22F3NO5S/c24-23(25,26)18-11-12-21(22(13-18)32-16-17-7-3-1-4-8-17)27(19(14-28)15-29)33(30,31)20-9-5-2-6-10-20/h1-13,19,28-29H,14-16H2. The Morgan fingerprint density at radius 1 is 0.879 bits per heavy atom. The minimum atomic E-state index is -4.69. The molecule has 0 unspecified atom stereocenters. The fourth-order valence-electron chi connectivity index (χ4n) is 3.16. The Balaban J connectivity index is 2.15. The summed E-state index contributed by atoms with van der Waals surface area (Å²) in [6, 6.07) is 16.9. The lowest BCUT2D eigenvalue weighted by molar-refractivity contribution is -0.137. The van der Waals surface area contributed by atoms with Gasteiger partial charge in [-0.15, -0.1) is 0 Å². The SMILES string of the molecule is O=S(=O)(c1ccccc1)N(c1ccc(C(F)(F)F)cc1OCc1ccccc1)C(CO)CO. The van der Waals surface area contributed by atoms with E-state index in [1.807, 2.05) is 0 Å².